The minimum Gasteiger partial charge on any atom is -0.368 e. The van der Waals surface area contributed by atoms with Gasteiger partial charge in [0.25, 0.3) is 0 Å². The molecule has 0 aromatic carbocycles. The monoisotopic (exact) mass is 162 g/mol. The van der Waals surface area contributed by atoms with Crippen LogP contribution >= 0.6 is 0 Å². The third kappa shape index (κ3) is 7.78. The lowest BCUT2D eigenvalue weighted by molar-refractivity contribution is -0.213. The topological polar surface area (TPSA) is 38.7 Å². The summed E-state index contributed by atoms with van der Waals surface area (Å²) in [7, 11) is 0. The summed E-state index contributed by atoms with van der Waals surface area (Å²) in [6.45, 7) is 6.15. The van der Waals surface area contributed by atoms with Crippen molar-refractivity contribution < 1.29 is 14.6 Å². The fourth-order valence-corrected chi connectivity index (χ4v) is 0.710. The Hall–Kier alpha value is -0.120. The highest BCUT2D eigenvalue weighted by Crippen LogP contribution is 1.98. The second-order valence-corrected chi connectivity index (χ2v) is 2.53. The van der Waals surface area contributed by atoms with Crippen molar-refractivity contribution >= 4 is 0 Å². The lowest BCUT2D eigenvalue weighted by atomic mass is 10.4. The van der Waals surface area contributed by atoms with Crippen LogP contribution in [0.5, 0.6) is 0 Å². The molecule has 0 spiro atoms. The van der Waals surface area contributed by atoms with Crippen LogP contribution < -0.4 is 0 Å². The van der Waals surface area contributed by atoms with Gasteiger partial charge in [-0.05, 0) is 20.3 Å². The highest BCUT2D eigenvalue weighted by Gasteiger charge is 2.03. The third-order valence-electron chi connectivity index (χ3n) is 1.24. The molecule has 0 saturated carbocycles. The Morgan fingerprint density at radius 2 is 2.00 bits per heavy atom. The van der Waals surface area contributed by atoms with E-state index >= 15 is 0 Å². The van der Waals surface area contributed by atoms with E-state index in [1.165, 1.54) is 0 Å². The number of hydrogen-bond donors (Lipinski definition) is 1. The Labute approximate surface area is 68.3 Å². The average Bonchev–Trinajstić information content (AvgIpc) is 1.86. The van der Waals surface area contributed by atoms with E-state index in [1.807, 2.05) is 0 Å². The number of ether oxygens (including phenoxy) is 2. The zero-order chi connectivity index (χ0) is 8.69. The predicted molar refractivity (Wildman–Crippen MR) is 43.1 cm³/mol. The van der Waals surface area contributed by atoms with Crippen LogP contribution in [0.4, 0.5) is 0 Å². The maximum absolute atomic E-state index is 8.78. The Bertz CT molecular complexity index is 83.4. The van der Waals surface area contributed by atoms with Gasteiger partial charge in [0.2, 0.25) is 0 Å². The lowest BCUT2D eigenvalue weighted by Gasteiger charge is -2.15. The van der Waals surface area contributed by atoms with Crippen LogP contribution in [0.1, 0.15) is 33.6 Å². The fourth-order valence-electron chi connectivity index (χ4n) is 0.710. The Morgan fingerprint density at radius 1 is 1.36 bits per heavy atom. The van der Waals surface area contributed by atoms with E-state index in [2.05, 4.69) is 6.92 Å². The van der Waals surface area contributed by atoms with Crippen LogP contribution in [-0.2, 0) is 9.47 Å². The van der Waals surface area contributed by atoms with Crippen molar-refractivity contribution in [2.24, 2.45) is 0 Å². The van der Waals surface area contributed by atoms with E-state index in [4.69, 9.17) is 14.6 Å². The smallest absolute Gasteiger partial charge is 0.157 e. The molecule has 3 nitrogen and oxygen atoms in total. The zero-order valence-corrected chi connectivity index (χ0v) is 7.54. The molecule has 2 unspecified atom stereocenters. The predicted octanol–water partition coefficient (Wildman–Crippen LogP) is 1.50. The molecular weight excluding hydrogens is 144 g/mol. The summed E-state index contributed by atoms with van der Waals surface area (Å²) in [4.78, 5) is 0. The second-order valence-electron chi connectivity index (χ2n) is 2.53. The van der Waals surface area contributed by atoms with Gasteiger partial charge in [0.15, 0.2) is 12.6 Å². The summed E-state index contributed by atoms with van der Waals surface area (Å²) in [6, 6.07) is 0. The molecule has 68 valence electrons. The van der Waals surface area contributed by atoms with Gasteiger partial charge >= 0.3 is 0 Å². The van der Waals surface area contributed by atoms with Crippen LogP contribution in [0.15, 0.2) is 0 Å². The van der Waals surface area contributed by atoms with Crippen LogP contribution in [0.25, 0.3) is 0 Å². The summed E-state index contributed by atoms with van der Waals surface area (Å²) < 4.78 is 10.1. The molecule has 1 N–H and O–H groups in total. The van der Waals surface area contributed by atoms with E-state index in [1.54, 1.807) is 13.8 Å². The van der Waals surface area contributed by atoms with Crippen molar-refractivity contribution in [3.63, 3.8) is 0 Å². The zero-order valence-electron chi connectivity index (χ0n) is 7.54. The first-order chi connectivity index (χ1) is 5.16. The minimum atomic E-state index is -0.744. The molecule has 0 aliphatic rings. The first kappa shape index (κ1) is 10.9. The summed E-state index contributed by atoms with van der Waals surface area (Å²) >= 11 is 0. The maximum atomic E-state index is 8.78. The molecule has 0 saturated heterocycles. The molecule has 11 heavy (non-hydrogen) atoms. The normalized spacial score (nSPS) is 16.4. The highest BCUT2D eigenvalue weighted by molar-refractivity contribution is 4.35. The number of aliphatic hydroxyl groups is 1. The molecule has 3 heteroatoms. The van der Waals surface area contributed by atoms with Crippen molar-refractivity contribution in [3.05, 3.63) is 0 Å². The van der Waals surface area contributed by atoms with Gasteiger partial charge in [0.1, 0.15) is 0 Å². The molecule has 0 aromatic rings. The van der Waals surface area contributed by atoms with Gasteiger partial charge in [-0.15, -0.1) is 0 Å². The molecular formula is C8H18O3. The summed E-state index contributed by atoms with van der Waals surface area (Å²) in [5, 5.41) is 8.78. The van der Waals surface area contributed by atoms with Gasteiger partial charge in [0, 0.05) is 6.61 Å². The molecule has 0 bridgehead atoms. The third-order valence-corrected chi connectivity index (χ3v) is 1.24. The number of rotatable bonds is 6. The molecule has 0 heterocycles. The lowest BCUT2D eigenvalue weighted by Crippen LogP contribution is -2.19. The first-order valence-corrected chi connectivity index (χ1v) is 4.12. The van der Waals surface area contributed by atoms with Crippen molar-refractivity contribution in [1.29, 1.82) is 0 Å². The van der Waals surface area contributed by atoms with E-state index in [0.29, 0.717) is 6.61 Å². The molecule has 0 fully saturated rings. The number of aliphatic hydroxyl groups excluding tert-OH is 1. The number of unbranched alkanes of at least 4 members (excludes halogenated alkanes) is 1. The molecule has 2 atom stereocenters. The maximum Gasteiger partial charge on any atom is 0.157 e. The van der Waals surface area contributed by atoms with E-state index in [-0.39, 0.29) is 6.29 Å². The second kappa shape index (κ2) is 6.58. The standard InChI is InChI=1S/C8H18O3/c1-4-5-6-10-8(3)11-7(2)9/h7-9H,4-6H2,1-3H3. The van der Waals surface area contributed by atoms with Gasteiger partial charge in [0.05, 0.1) is 0 Å². The molecule has 0 aromatic heterocycles. The molecule has 0 aliphatic carbocycles. The van der Waals surface area contributed by atoms with Crippen LogP contribution in [0, 0.1) is 0 Å². The highest BCUT2D eigenvalue weighted by atomic mass is 16.7. The van der Waals surface area contributed by atoms with Gasteiger partial charge in [-0.2, -0.15) is 0 Å². The Kier molecular flexibility index (Phi) is 6.51. The van der Waals surface area contributed by atoms with E-state index in [0.717, 1.165) is 12.8 Å². The van der Waals surface area contributed by atoms with Gasteiger partial charge in [-0.1, -0.05) is 13.3 Å². The molecule has 0 aliphatic heterocycles. The van der Waals surface area contributed by atoms with Crippen molar-refractivity contribution in [1.82, 2.24) is 0 Å². The molecule has 0 rings (SSSR count). The fraction of sp³-hybridized carbons (Fsp3) is 1.00. The minimum absolute atomic E-state index is 0.304. The van der Waals surface area contributed by atoms with E-state index in [9.17, 15) is 0 Å². The SMILES string of the molecule is CCCCOC(C)OC(C)O. The van der Waals surface area contributed by atoms with Crippen molar-refractivity contribution in [2.45, 2.75) is 46.2 Å². The van der Waals surface area contributed by atoms with Crippen LogP contribution in [-0.4, -0.2) is 24.3 Å². The van der Waals surface area contributed by atoms with Crippen LogP contribution in [0.3, 0.4) is 0 Å². The average molecular weight is 162 g/mol. The first-order valence-electron chi connectivity index (χ1n) is 4.12. The number of hydrogen-bond acceptors (Lipinski definition) is 3. The Balaban J connectivity index is 3.15. The quantitative estimate of drug-likeness (QED) is 0.475. The Morgan fingerprint density at radius 3 is 2.45 bits per heavy atom. The van der Waals surface area contributed by atoms with Crippen molar-refractivity contribution in [2.75, 3.05) is 6.61 Å². The largest absolute Gasteiger partial charge is 0.368 e. The summed E-state index contributed by atoms with van der Waals surface area (Å²) in [5.41, 5.74) is 0. The van der Waals surface area contributed by atoms with E-state index < -0.39 is 6.29 Å². The van der Waals surface area contributed by atoms with Crippen LogP contribution in [0.2, 0.25) is 0 Å². The molecule has 0 radical (unpaired) electrons. The summed E-state index contributed by atoms with van der Waals surface area (Å²) in [5.74, 6) is 0. The van der Waals surface area contributed by atoms with Gasteiger partial charge in [-0.3, -0.25) is 0 Å². The van der Waals surface area contributed by atoms with Crippen molar-refractivity contribution in [3.8, 4) is 0 Å². The van der Waals surface area contributed by atoms with Gasteiger partial charge < -0.3 is 14.6 Å². The molecule has 0 amide bonds. The van der Waals surface area contributed by atoms with Gasteiger partial charge in [-0.25, -0.2) is 0 Å². The summed E-state index contributed by atoms with van der Waals surface area (Å²) in [6.07, 6.45) is 1.10.